The zero-order chi connectivity index (χ0) is 14.6. The number of unbranched alkanes of at least 4 members (excludes halogenated alkanes) is 1. The monoisotopic (exact) mass is 351 g/mol. The number of aromatic nitrogens is 2. The van der Waals surface area contributed by atoms with Gasteiger partial charge in [-0.3, -0.25) is 4.79 Å². The molecule has 5 heteroatoms. The van der Waals surface area contributed by atoms with E-state index in [1.54, 1.807) is 4.68 Å². The number of hydrogen-bond donors (Lipinski definition) is 1. The second-order valence-electron chi connectivity index (χ2n) is 6.91. The molecule has 0 spiro atoms. The van der Waals surface area contributed by atoms with Crippen molar-refractivity contribution in [3.63, 3.8) is 0 Å². The van der Waals surface area contributed by atoms with Crippen LogP contribution in [0.1, 0.15) is 39.0 Å². The van der Waals surface area contributed by atoms with Crippen LogP contribution in [0, 0.1) is 23.7 Å². The quantitative estimate of drug-likeness (QED) is 0.885. The van der Waals surface area contributed by atoms with Gasteiger partial charge >= 0.3 is 0 Å². The van der Waals surface area contributed by atoms with Crippen LogP contribution in [0.4, 0.5) is 5.69 Å². The summed E-state index contributed by atoms with van der Waals surface area (Å²) in [5.41, 5.74) is 0.869. The van der Waals surface area contributed by atoms with E-state index in [4.69, 9.17) is 0 Å². The van der Waals surface area contributed by atoms with Gasteiger partial charge < -0.3 is 5.32 Å². The molecule has 1 heterocycles. The van der Waals surface area contributed by atoms with Crippen molar-refractivity contribution in [1.82, 2.24) is 9.78 Å². The first-order valence-electron chi connectivity index (χ1n) is 8.23. The minimum Gasteiger partial charge on any atom is -0.379 e. The van der Waals surface area contributed by atoms with Crippen molar-refractivity contribution in [3.05, 3.63) is 21.0 Å². The molecule has 1 N–H and O–H groups in total. The molecule has 4 nitrogen and oxygen atoms in total. The van der Waals surface area contributed by atoms with E-state index in [0.29, 0.717) is 17.1 Å². The van der Waals surface area contributed by atoms with Crippen molar-refractivity contribution in [3.8, 4) is 0 Å². The van der Waals surface area contributed by atoms with Crippen LogP contribution in [0.25, 0.3) is 0 Å². The average molecular weight is 352 g/mol. The summed E-state index contributed by atoms with van der Waals surface area (Å²) in [6.45, 7) is 2.82. The van der Waals surface area contributed by atoms with E-state index in [2.05, 4.69) is 33.3 Å². The Morgan fingerprint density at radius 1 is 1.38 bits per heavy atom. The standard InChI is InChI=1S/C16H22BrN3O/c1-2-3-6-20-16(21)14(17)11(8-18-20)19-15-12-9-4-5-10(7-9)13(12)15/h8-10,12-13,15,19H,2-7H2,1H3. The van der Waals surface area contributed by atoms with Crippen molar-refractivity contribution in [2.24, 2.45) is 23.7 Å². The number of halogens is 1. The number of hydrogen-bond acceptors (Lipinski definition) is 3. The van der Waals surface area contributed by atoms with Gasteiger partial charge in [0.05, 0.1) is 11.9 Å². The predicted octanol–water partition coefficient (Wildman–Crippen LogP) is 3.26. The van der Waals surface area contributed by atoms with Crippen LogP contribution in [-0.2, 0) is 6.54 Å². The Labute approximate surface area is 133 Å². The SMILES string of the molecule is CCCCn1ncc(NC2C3C4CCC(C4)C23)c(Br)c1=O. The molecule has 0 saturated heterocycles. The molecular formula is C16H22BrN3O. The molecule has 4 rings (SSSR count). The Morgan fingerprint density at radius 3 is 2.76 bits per heavy atom. The fraction of sp³-hybridized carbons (Fsp3) is 0.750. The number of anilines is 1. The van der Waals surface area contributed by atoms with Crippen molar-refractivity contribution >= 4 is 21.6 Å². The Balaban J connectivity index is 1.49. The maximum Gasteiger partial charge on any atom is 0.283 e. The van der Waals surface area contributed by atoms with Crippen molar-refractivity contribution in [2.75, 3.05) is 5.32 Å². The van der Waals surface area contributed by atoms with Crippen molar-refractivity contribution in [2.45, 2.75) is 51.6 Å². The van der Waals surface area contributed by atoms with E-state index in [-0.39, 0.29) is 5.56 Å². The van der Waals surface area contributed by atoms with E-state index in [1.165, 1.54) is 19.3 Å². The maximum absolute atomic E-state index is 12.3. The first-order valence-corrected chi connectivity index (χ1v) is 9.02. The molecule has 3 fully saturated rings. The number of fused-ring (bicyclic) bond motifs is 5. The molecule has 2 bridgehead atoms. The fourth-order valence-corrected chi connectivity index (χ4v) is 5.15. The predicted molar refractivity (Wildman–Crippen MR) is 86.3 cm³/mol. The summed E-state index contributed by atoms with van der Waals surface area (Å²) >= 11 is 3.47. The molecule has 4 unspecified atom stereocenters. The number of rotatable bonds is 5. The lowest BCUT2D eigenvalue weighted by Crippen LogP contribution is -2.25. The molecule has 114 valence electrons. The topological polar surface area (TPSA) is 46.9 Å². The molecule has 0 aromatic carbocycles. The van der Waals surface area contributed by atoms with Gasteiger partial charge in [-0.25, -0.2) is 4.68 Å². The second-order valence-corrected chi connectivity index (χ2v) is 7.71. The van der Waals surface area contributed by atoms with E-state index >= 15 is 0 Å². The summed E-state index contributed by atoms with van der Waals surface area (Å²) < 4.78 is 2.21. The number of aryl methyl sites for hydroxylation is 1. The summed E-state index contributed by atoms with van der Waals surface area (Å²) in [5.74, 6) is 3.60. The minimum atomic E-state index is -0.0118. The van der Waals surface area contributed by atoms with Gasteiger partial charge in [0, 0.05) is 12.6 Å². The minimum absolute atomic E-state index is 0.0118. The third-order valence-corrected chi connectivity index (χ3v) is 6.53. The van der Waals surface area contributed by atoms with Gasteiger partial charge in [0.1, 0.15) is 4.47 Å². The smallest absolute Gasteiger partial charge is 0.283 e. The highest BCUT2D eigenvalue weighted by molar-refractivity contribution is 9.10. The van der Waals surface area contributed by atoms with Crippen LogP contribution in [-0.4, -0.2) is 15.8 Å². The zero-order valence-corrected chi connectivity index (χ0v) is 14.0. The highest BCUT2D eigenvalue weighted by Crippen LogP contribution is 2.66. The molecule has 1 aromatic heterocycles. The van der Waals surface area contributed by atoms with Crippen LogP contribution in [0.15, 0.2) is 15.5 Å². The molecule has 0 amide bonds. The Bertz CT molecular complexity index is 598. The van der Waals surface area contributed by atoms with E-state index in [0.717, 1.165) is 42.2 Å². The maximum atomic E-state index is 12.3. The lowest BCUT2D eigenvalue weighted by molar-refractivity contribution is 0.456. The van der Waals surface area contributed by atoms with Crippen molar-refractivity contribution < 1.29 is 0 Å². The lowest BCUT2D eigenvalue weighted by Gasteiger charge is -2.13. The van der Waals surface area contributed by atoms with Crippen molar-refractivity contribution in [1.29, 1.82) is 0 Å². The molecule has 0 radical (unpaired) electrons. The van der Waals surface area contributed by atoms with Gasteiger partial charge in [0.15, 0.2) is 0 Å². The number of nitrogens with one attached hydrogen (secondary N) is 1. The van der Waals surface area contributed by atoms with E-state index < -0.39 is 0 Å². The van der Waals surface area contributed by atoms with Crippen LogP contribution >= 0.6 is 15.9 Å². The fourth-order valence-electron chi connectivity index (χ4n) is 4.73. The normalized spacial score (nSPS) is 35.8. The number of nitrogens with zero attached hydrogens (tertiary/aromatic N) is 2. The Hall–Kier alpha value is -0.840. The van der Waals surface area contributed by atoms with Crippen LogP contribution in [0.3, 0.4) is 0 Å². The van der Waals surface area contributed by atoms with Crippen LogP contribution in [0.2, 0.25) is 0 Å². The summed E-state index contributed by atoms with van der Waals surface area (Å²) in [4.78, 5) is 12.3. The van der Waals surface area contributed by atoms with Crippen LogP contribution < -0.4 is 10.9 Å². The molecule has 21 heavy (non-hydrogen) atoms. The molecule has 3 aliphatic rings. The average Bonchev–Trinajstić information content (AvgIpc) is 2.87. The van der Waals surface area contributed by atoms with E-state index in [9.17, 15) is 4.79 Å². The Kier molecular flexibility index (Phi) is 3.36. The zero-order valence-electron chi connectivity index (χ0n) is 12.4. The first kappa shape index (κ1) is 13.8. The largest absolute Gasteiger partial charge is 0.379 e. The third-order valence-electron chi connectivity index (χ3n) is 5.77. The molecule has 3 saturated carbocycles. The second kappa shape index (κ2) is 5.11. The van der Waals surface area contributed by atoms with Gasteiger partial charge in [0.2, 0.25) is 0 Å². The molecule has 3 aliphatic carbocycles. The highest BCUT2D eigenvalue weighted by Gasteiger charge is 2.65. The van der Waals surface area contributed by atoms with Gasteiger partial charge in [-0.15, -0.1) is 0 Å². The third kappa shape index (κ3) is 2.16. The summed E-state index contributed by atoms with van der Waals surface area (Å²) in [6, 6.07) is 0.584. The van der Waals surface area contributed by atoms with E-state index in [1.807, 2.05) is 6.20 Å². The van der Waals surface area contributed by atoms with Gasteiger partial charge in [-0.1, -0.05) is 13.3 Å². The van der Waals surface area contributed by atoms with Crippen LogP contribution in [0.5, 0.6) is 0 Å². The molecular weight excluding hydrogens is 330 g/mol. The van der Waals surface area contributed by atoms with Gasteiger partial charge in [-0.05, 0) is 65.3 Å². The summed E-state index contributed by atoms with van der Waals surface area (Å²) in [5, 5.41) is 7.91. The Morgan fingerprint density at radius 2 is 2.10 bits per heavy atom. The molecule has 4 atom stereocenters. The van der Waals surface area contributed by atoms with Gasteiger partial charge in [0.25, 0.3) is 5.56 Å². The summed E-state index contributed by atoms with van der Waals surface area (Å²) in [6.07, 6.45) is 8.16. The van der Waals surface area contributed by atoms with Gasteiger partial charge in [-0.2, -0.15) is 5.10 Å². The molecule has 0 aliphatic heterocycles. The molecule has 1 aromatic rings. The summed E-state index contributed by atoms with van der Waals surface area (Å²) in [7, 11) is 0. The first-order chi connectivity index (χ1) is 10.2. The lowest BCUT2D eigenvalue weighted by atomic mass is 10.0. The highest BCUT2D eigenvalue weighted by atomic mass is 79.9.